The standard InChI is InChI=1S/C13H22N2O4S/c1-4-19-12(16)11-10(2)20-13(15-11)14-6-5-7-18-9-8-17-3/h4-9H2,1-3H3,(H,14,15). The fourth-order valence-corrected chi connectivity index (χ4v) is 2.30. The Morgan fingerprint density at radius 3 is 2.85 bits per heavy atom. The van der Waals surface area contributed by atoms with E-state index in [4.69, 9.17) is 14.2 Å². The molecular formula is C13H22N2O4S. The Kier molecular flexibility index (Phi) is 8.17. The van der Waals surface area contributed by atoms with Crippen molar-refractivity contribution in [1.29, 1.82) is 0 Å². The van der Waals surface area contributed by atoms with Crippen molar-refractivity contribution in [1.82, 2.24) is 4.98 Å². The number of esters is 1. The van der Waals surface area contributed by atoms with E-state index in [2.05, 4.69) is 10.3 Å². The molecule has 1 aromatic heterocycles. The van der Waals surface area contributed by atoms with Crippen LogP contribution in [0.1, 0.15) is 28.7 Å². The van der Waals surface area contributed by atoms with Crippen LogP contribution >= 0.6 is 11.3 Å². The van der Waals surface area contributed by atoms with Gasteiger partial charge in [-0.25, -0.2) is 9.78 Å². The van der Waals surface area contributed by atoms with Crippen LogP contribution in [0.15, 0.2) is 0 Å². The van der Waals surface area contributed by atoms with Gasteiger partial charge in [0.15, 0.2) is 10.8 Å². The maximum absolute atomic E-state index is 11.6. The number of hydrogen-bond acceptors (Lipinski definition) is 7. The lowest BCUT2D eigenvalue weighted by molar-refractivity contribution is 0.0519. The minimum atomic E-state index is -0.364. The second kappa shape index (κ2) is 9.68. The SMILES string of the molecule is CCOC(=O)c1nc(NCCCOCCOC)sc1C. The molecule has 0 saturated carbocycles. The topological polar surface area (TPSA) is 69.7 Å². The molecule has 1 rings (SSSR count). The molecule has 0 radical (unpaired) electrons. The van der Waals surface area contributed by atoms with Crippen molar-refractivity contribution in [3.63, 3.8) is 0 Å². The maximum atomic E-state index is 11.6. The van der Waals surface area contributed by atoms with E-state index < -0.39 is 0 Å². The van der Waals surface area contributed by atoms with Gasteiger partial charge in [0.05, 0.1) is 19.8 Å². The Morgan fingerprint density at radius 2 is 2.15 bits per heavy atom. The highest BCUT2D eigenvalue weighted by Gasteiger charge is 2.15. The molecule has 0 aliphatic carbocycles. The molecule has 1 aromatic rings. The summed E-state index contributed by atoms with van der Waals surface area (Å²) in [7, 11) is 1.65. The number of methoxy groups -OCH3 is 1. The molecule has 1 heterocycles. The zero-order chi connectivity index (χ0) is 14.8. The molecule has 114 valence electrons. The summed E-state index contributed by atoms with van der Waals surface area (Å²) in [6.45, 7) is 6.65. The van der Waals surface area contributed by atoms with Gasteiger partial charge in [-0.2, -0.15) is 0 Å². The van der Waals surface area contributed by atoms with Crippen LogP contribution < -0.4 is 5.32 Å². The minimum absolute atomic E-state index is 0.359. The molecular weight excluding hydrogens is 280 g/mol. The van der Waals surface area contributed by atoms with Crippen LogP contribution in [0.2, 0.25) is 0 Å². The third-order valence-electron chi connectivity index (χ3n) is 2.44. The lowest BCUT2D eigenvalue weighted by atomic mass is 10.4. The van der Waals surface area contributed by atoms with E-state index >= 15 is 0 Å². The molecule has 0 aliphatic heterocycles. The van der Waals surface area contributed by atoms with Crippen LogP contribution in [-0.4, -0.2) is 51.0 Å². The molecule has 1 N–H and O–H groups in total. The number of nitrogens with one attached hydrogen (secondary N) is 1. The monoisotopic (exact) mass is 302 g/mol. The molecule has 0 amide bonds. The largest absolute Gasteiger partial charge is 0.461 e. The van der Waals surface area contributed by atoms with Crippen LogP contribution in [0.3, 0.4) is 0 Å². The van der Waals surface area contributed by atoms with E-state index in [-0.39, 0.29) is 5.97 Å². The van der Waals surface area contributed by atoms with Crippen molar-refractivity contribution in [2.45, 2.75) is 20.3 Å². The second-order valence-corrected chi connectivity index (χ2v) is 5.23. The van der Waals surface area contributed by atoms with Crippen molar-refractivity contribution < 1.29 is 19.0 Å². The van der Waals surface area contributed by atoms with Crippen molar-refractivity contribution in [3.8, 4) is 0 Å². The van der Waals surface area contributed by atoms with Gasteiger partial charge in [0.1, 0.15) is 0 Å². The molecule has 0 bridgehead atoms. The first kappa shape index (κ1) is 16.9. The number of rotatable bonds is 10. The van der Waals surface area contributed by atoms with Crippen LogP contribution in [0.25, 0.3) is 0 Å². The van der Waals surface area contributed by atoms with E-state index in [1.54, 1.807) is 14.0 Å². The average Bonchev–Trinajstić information content (AvgIpc) is 2.79. The molecule has 20 heavy (non-hydrogen) atoms. The highest BCUT2D eigenvalue weighted by atomic mass is 32.1. The van der Waals surface area contributed by atoms with Gasteiger partial charge < -0.3 is 19.5 Å². The Balaban J connectivity index is 2.27. The number of aryl methyl sites for hydroxylation is 1. The van der Waals surface area contributed by atoms with Gasteiger partial charge in [0.2, 0.25) is 0 Å². The van der Waals surface area contributed by atoms with Gasteiger partial charge in [0, 0.05) is 25.1 Å². The van der Waals surface area contributed by atoms with Gasteiger partial charge in [-0.1, -0.05) is 0 Å². The van der Waals surface area contributed by atoms with Crippen molar-refractivity contribution >= 4 is 22.4 Å². The fourth-order valence-electron chi connectivity index (χ4n) is 1.47. The number of anilines is 1. The Morgan fingerprint density at radius 1 is 1.35 bits per heavy atom. The predicted octanol–water partition coefficient (Wildman–Crippen LogP) is 2.09. The number of thiazole rings is 1. The Bertz CT molecular complexity index is 409. The van der Waals surface area contributed by atoms with E-state index in [0.29, 0.717) is 32.1 Å². The molecule has 0 atom stereocenters. The number of aromatic nitrogens is 1. The van der Waals surface area contributed by atoms with Crippen LogP contribution in [0.5, 0.6) is 0 Å². The third kappa shape index (κ3) is 5.85. The fraction of sp³-hybridized carbons (Fsp3) is 0.692. The lowest BCUT2D eigenvalue weighted by Crippen LogP contribution is -2.09. The van der Waals surface area contributed by atoms with Crippen molar-refractivity contribution in [2.75, 3.05) is 45.4 Å². The smallest absolute Gasteiger partial charge is 0.358 e. The maximum Gasteiger partial charge on any atom is 0.358 e. The van der Waals surface area contributed by atoms with Crippen molar-refractivity contribution in [3.05, 3.63) is 10.6 Å². The summed E-state index contributed by atoms with van der Waals surface area (Å²) in [4.78, 5) is 16.7. The summed E-state index contributed by atoms with van der Waals surface area (Å²) >= 11 is 1.46. The minimum Gasteiger partial charge on any atom is -0.461 e. The Labute approximate surface area is 123 Å². The number of hydrogen-bond donors (Lipinski definition) is 1. The summed E-state index contributed by atoms with van der Waals surface area (Å²) in [5, 5.41) is 3.92. The molecule has 0 fully saturated rings. The first-order valence-corrected chi connectivity index (χ1v) is 7.45. The highest BCUT2D eigenvalue weighted by Crippen LogP contribution is 2.22. The first-order chi connectivity index (χ1) is 9.69. The van der Waals surface area contributed by atoms with Gasteiger partial charge in [0.25, 0.3) is 0 Å². The highest BCUT2D eigenvalue weighted by molar-refractivity contribution is 7.15. The average molecular weight is 302 g/mol. The van der Waals surface area contributed by atoms with Crippen LogP contribution in [-0.2, 0) is 14.2 Å². The van der Waals surface area contributed by atoms with Crippen LogP contribution in [0, 0.1) is 6.92 Å². The van der Waals surface area contributed by atoms with Crippen molar-refractivity contribution in [2.24, 2.45) is 0 Å². The molecule has 0 saturated heterocycles. The summed E-state index contributed by atoms with van der Waals surface area (Å²) in [5.74, 6) is -0.364. The number of carbonyl (C=O) groups is 1. The van der Waals surface area contributed by atoms with Gasteiger partial charge >= 0.3 is 5.97 Å². The zero-order valence-corrected chi connectivity index (χ0v) is 13.0. The normalized spacial score (nSPS) is 10.6. The summed E-state index contributed by atoms with van der Waals surface area (Å²) in [6.07, 6.45) is 0.872. The molecule has 7 heteroatoms. The number of ether oxygens (including phenoxy) is 3. The molecule has 0 spiro atoms. The van der Waals surface area contributed by atoms with E-state index in [1.165, 1.54) is 11.3 Å². The zero-order valence-electron chi connectivity index (χ0n) is 12.2. The molecule has 0 aliphatic rings. The van der Waals surface area contributed by atoms with Gasteiger partial charge in [-0.3, -0.25) is 0 Å². The van der Waals surface area contributed by atoms with Gasteiger partial charge in [-0.15, -0.1) is 11.3 Å². The van der Waals surface area contributed by atoms with E-state index in [1.807, 2.05) is 6.92 Å². The summed E-state index contributed by atoms with van der Waals surface area (Å²) in [6, 6.07) is 0. The second-order valence-electron chi connectivity index (χ2n) is 4.03. The Hall–Kier alpha value is -1.18. The third-order valence-corrected chi connectivity index (χ3v) is 3.37. The molecule has 6 nitrogen and oxygen atoms in total. The first-order valence-electron chi connectivity index (χ1n) is 6.64. The quantitative estimate of drug-likeness (QED) is 0.527. The molecule has 0 aromatic carbocycles. The number of nitrogens with zero attached hydrogens (tertiary/aromatic N) is 1. The predicted molar refractivity (Wildman–Crippen MR) is 78.6 cm³/mol. The van der Waals surface area contributed by atoms with E-state index in [0.717, 1.165) is 23.0 Å². The number of carbonyl (C=O) groups excluding carboxylic acids is 1. The summed E-state index contributed by atoms with van der Waals surface area (Å²) in [5.41, 5.74) is 0.399. The van der Waals surface area contributed by atoms with E-state index in [9.17, 15) is 4.79 Å². The lowest BCUT2D eigenvalue weighted by Gasteiger charge is -2.04. The summed E-state index contributed by atoms with van der Waals surface area (Å²) < 4.78 is 15.2. The molecule has 0 unspecified atom stereocenters. The van der Waals surface area contributed by atoms with Gasteiger partial charge in [-0.05, 0) is 20.3 Å². The van der Waals surface area contributed by atoms with Crippen LogP contribution in [0.4, 0.5) is 5.13 Å².